The standard InChI is InChI=1S/C22H16FNOS/c23-15-11-9-14(10-12-15)22-17-13-25-19-7-3-1-5-16(19)21(17)24-18-6-2-4-8-20(18)26-22/h1-12,17,22H,13H2/t17-,22-/m0/s1. The minimum Gasteiger partial charge on any atom is -0.492 e. The van der Waals surface area contributed by atoms with E-state index in [1.807, 2.05) is 42.5 Å². The van der Waals surface area contributed by atoms with Crippen LogP contribution in [0.2, 0.25) is 0 Å². The molecule has 0 N–H and O–H groups in total. The van der Waals surface area contributed by atoms with Gasteiger partial charge in [-0.15, -0.1) is 11.8 Å². The molecular weight excluding hydrogens is 345 g/mol. The van der Waals surface area contributed by atoms with Crippen molar-refractivity contribution < 1.29 is 9.13 Å². The average molecular weight is 361 g/mol. The van der Waals surface area contributed by atoms with Gasteiger partial charge in [0.15, 0.2) is 0 Å². The zero-order chi connectivity index (χ0) is 17.5. The zero-order valence-corrected chi connectivity index (χ0v) is 14.7. The van der Waals surface area contributed by atoms with Gasteiger partial charge in [-0.2, -0.15) is 0 Å². The van der Waals surface area contributed by atoms with Crippen LogP contribution in [-0.2, 0) is 0 Å². The highest BCUT2D eigenvalue weighted by molar-refractivity contribution is 7.99. The van der Waals surface area contributed by atoms with Crippen molar-refractivity contribution in [3.8, 4) is 5.75 Å². The third-order valence-electron chi connectivity index (χ3n) is 4.86. The van der Waals surface area contributed by atoms with Gasteiger partial charge in [-0.25, -0.2) is 4.39 Å². The summed E-state index contributed by atoms with van der Waals surface area (Å²) in [5.74, 6) is 0.768. The molecule has 0 saturated carbocycles. The number of aliphatic imine (C=N–C) groups is 1. The highest BCUT2D eigenvalue weighted by Gasteiger charge is 2.37. The van der Waals surface area contributed by atoms with Crippen LogP contribution in [-0.4, -0.2) is 12.3 Å². The fourth-order valence-electron chi connectivity index (χ4n) is 3.59. The van der Waals surface area contributed by atoms with Crippen LogP contribution >= 0.6 is 11.8 Å². The van der Waals surface area contributed by atoms with Gasteiger partial charge in [0.25, 0.3) is 0 Å². The summed E-state index contributed by atoms with van der Waals surface area (Å²) in [5.41, 5.74) is 4.18. The number of fused-ring (bicyclic) bond motifs is 4. The Hall–Kier alpha value is -2.59. The molecule has 2 aliphatic rings. The molecule has 0 saturated heterocycles. The monoisotopic (exact) mass is 361 g/mol. The molecule has 2 aliphatic heterocycles. The summed E-state index contributed by atoms with van der Waals surface area (Å²) in [4.78, 5) is 6.18. The van der Waals surface area contributed by atoms with Crippen molar-refractivity contribution >= 4 is 23.2 Å². The second-order valence-corrected chi connectivity index (χ2v) is 7.65. The highest BCUT2D eigenvalue weighted by Crippen LogP contribution is 2.50. The van der Waals surface area contributed by atoms with Crippen molar-refractivity contribution in [2.45, 2.75) is 10.1 Å². The molecule has 0 radical (unpaired) electrons. The van der Waals surface area contributed by atoms with Gasteiger partial charge >= 0.3 is 0 Å². The van der Waals surface area contributed by atoms with Gasteiger partial charge in [-0.1, -0.05) is 36.4 Å². The Bertz CT molecular complexity index is 999. The maximum Gasteiger partial charge on any atom is 0.128 e. The van der Waals surface area contributed by atoms with Crippen LogP contribution in [0.3, 0.4) is 0 Å². The van der Waals surface area contributed by atoms with E-state index in [1.165, 1.54) is 12.1 Å². The number of benzene rings is 3. The van der Waals surface area contributed by atoms with Crippen molar-refractivity contribution in [1.29, 1.82) is 0 Å². The van der Waals surface area contributed by atoms with Crippen molar-refractivity contribution in [2.75, 3.05) is 6.61 Å². The van der Waals surface area contributed by atoms with Crippen molar-refractivity contribution in [3.05, 3.63) is 89.7 Å². The number of para-hydroxylation sites is 2. The van der Waals surface area contributed by atoms with Crippen molar-refractivity contribution in [3.63, 3.8) is 0 Å². The Morgan fingerprint density at radius 1 is 0.923 bits per heavy atom. The Kier molecular flexibility index (Phi) is 3.79. The first-order valence-corrected chi connectivity index (χ1v) is 9.49. The third kappa shape index (κ3) is 2.61. The van der Waals surface area contributed by atoms with Gasteiger partial charge in [-0.3, -0.25) is 4.99 Å². The van der Waals surface area contributed by atoms with Gasteiger partial charge in [0.2, 0.25) is 0 Å². The van der Waals surface area contributed by atoms with E-state index in [9.17, 15) is 4.39 Å². The largest absolute Gasteiger partial charge is 0.492 e. The molecule has 3 aromatic carbocycles. The molecule has 4 heteroatoms. The van der Waals surface area contributed by atoms with E-state index in [0.717, 1.165) is 33.2 Å². The van der Waals surface area contributed by atoms with Crippen LogP contribution in [0.25, 0.3) is 0 Å². The van der Waals surface area contributed by atoms with E-state index < -0.39 is 0 Å². The van der Waals surface area contributed by atoms with Crippen LogP contribution in [0.5, 0.6) is 5.75 Å². The number of rotatable bonds is 1. The molecule has 3 aromatic rings. The number of thioether (sulfide) groups is 1. The third-order valence-corrected chi connectivity index (χ3v) is 6.31. The fraction of sp³-hybridized carbons (Fsp3) is 0.136. The molecule has 128 valence electrons. The molecule has 2 heterocycles. The normalized spacial score (nSPS) is 20.7. The lowest BCUT2D eigenvalue weighted by Gasteiger charge is -2.31. The minimum absolute atomic E-state index is 0.104. The molecule has 26 heavy (non-hydrogen) atoms. The second-order valence-electron chi connectivity index (χ2n) is 6.47. The summed E-state index contributed by atoms with van der Waals surface area (Å²) in [5, 5.41) is 0.117. The van der Waals surface area contributed by atoms with Gasteiger partial charge in [-0.05, 0) is 42.0 Å². The molecule has 0 unspecified atom stereocenters. The lowest BCUT2D eigenvalue weighted by atomic mass is 9.88. The maximum atomic E-state index is 13.4. The Morgan fingerprint density at radius 3 is 2.58 bits per heavy atom. The molecule has 0 fully saturated rings. The summed E-state index contributed by atoms with van der Waals surface area (Å²) in [6.45, 7) is 0.568. The lowest BCUT2D eigenvalue weighted by Crippen LogP contribution is -2.31. The number of hydrogen-bond donors (Lipinski definition) is 0. The van der Waals surface area contributed by atoms with Gasteiger partial charge in [0.1, 0.15) is 11.6 Å². The predicted octanol–water partition coefficient (Wildman–Crippen LogP) is 5.80. The quantitative estimate of drug-likeness (QED) is 0.546. The van der Waals surface area contributed by atoms with Crippen LogP contribution < -0.4 is 4.74 Å². The van der Waals surface area contributed by atoms with E-state index in [0.29, 0.717) is 6.61 Å². The first kappa shape index (κ1) is 15.6. The van der Waals surface area contributed by atoms with E-state index in [2.05, 4.69) is 18.2 Å². The van der Waals surface area contributed by atoms with Crippen LogP contribution in [0.15, 0.2) is 82.7 Å². The van der Waals surface area contributed by atoms with Crippen molar-refractivity contribution in [2.24, 2.45) is 10.9 Å². The van der Waals surface area contributed by atoms with Gasteiger partial charge in [0, 0.05) is 15.7 Å². The Labute approximate surface area is 155 Å². The Morgan fingerprint density at radius 2 is 1.69 bits per heavy atom. The molecule has 5 rings (SSSR count). The molecular formula is C22H16FNOS. The molecule has 0 aromatic heterocycles. The van der Waals surface area contributed by atoms with E-state index >= 15 is 0 Å². The van der Waals surface area contributed by atoms with E-state index in [-0.39, 0.29) is 17.0 Å². The molecule has 0 aliphatic carbocycles. The summed E-state index contributed by atoms with van der Waals surface area (Å²) in [7, 11) is 0. The number of nitrogens with zero attached hydrogens (tertiary/aromatic N) is 1. The first-order valence-electron chi connectivity index (χ1n) is 8.61. The van der Waals surface area contributed by atoms with E-state index in [1.54, 1.807) is 11.8 Å². The zero-order valence-electron chi connectivity index (χ0n) is 13.9. The summed E-state index contributed by atoms with van der Waals surface area (Å²) < 4.78 is 19.5. The number of halogens is 1. The molecule has 2 nitrogen and oxygen atoms in total. The van der Waals surface area contributed by atoms with Crippen LogP contribution in [0.1, 0.15) is 16.4 Å². The SMILES string of the molecule is Fc1ccc([C@@H]2Sc3ccccc3N=C3c4ccccc4OC[C@@H]32)cc1. The summed E-state index contributed by atoms with van der Waals surface area (Å²) >= 11 is 1.78. The maximum absolute atomic E-state index is 13.4. The lowest BCUT2D eigenvalue weighted by molar-refractivity contribution is 0.271. The summed E-state index contributed by atoms with van der Waals surface area (Å²) in [6.07, 6.45) is 0. The van der Waals surface area contributed by atoms with Crippen molar-refractivity contribution in [1.82, 2.24) is 0 Å². The topological polar surface area (TPSA) is 21.6 Å². The molecule has 0 bridgehead atoms. The minimum atomic E-state index is -0.216. The Balaban J connectivity index is 1.70. The highest BCUT2D eigenvalue weighted by atomic mass is 32.2. The average Bonchev–Trinajstić information content (AvgIpc) is 2.85. The van der Waals surface area contributed by atoms with Crippen LogP contribution in [0.4, 0.5) is 10.1 Å². The summed E-state index contributed by atoms with van der Waals surface area (Å²) in [6, 6.07) is 23.1. The molecule has 0 spiro atoms. The van der Waals surface area contributed by atoms with Gasteiger partial charge < -0.3 is 4.74 Å². The van der Waals surface area contributed by atoms with Gasteiger partial charge in [0.05, 0.1) is 23.9 Å². The molecule has 2 atom stereocenters. The number of hydrogen-bond acceptors (Lipinski definition) is 3. The fourth-order valence-corrected chi connectivity index (χ4v) is 4.92. The smallest absolute Gasteiger partial charge is 0.128 e. The van der Waals surface area contributed by atoms with E-state index in [4.69, 9.17) is 9.73 Å². The van der Waals surface area contributed by atoms with Crippen LogP contribution in [0, 0.1) is 11.7 Å². The first-order chi connectivity index (χ1) is 12.8. The second kappa shape index (κ2) is 6.29. The predicted molar refractivity (Wildman–Crippen MR) is 103 cm³/mol. The molecule has 0 amide bonds. The number of ether oxygens (including phenoxy) is 1.